The first-order chi connectivity index (χ1) is 8.65. The fraction of sp³-hybridized carbons (Fsp3) is 0. The van der Waals surface area contributed by atoms with E-state index in [0.717, 1.165) is 6.07 Å². The number of nitrogen functional groups attached to an aromatic ring is 1. The lowest BCUT2D eigenvalue weighted by molar-refractivity contribution is 0.514. The van der Waals surface area contributed by atoms with Gasteiger partial charge in [-0.3, -0.25) is 0 Å². The van der Waals surface area contributed by atoms with Crippen molar-refractivity contribution in [1.82, 2.24) is 4.98 Å². The molecular formula is C13H8F2N2O. The van der Waals surface area contributed by atoms with E-state index in [4.69, 9.17) is 10.2 Å². The van der Waals surface area contributed by atoms with Gasteiger partial charge in [0.2, 0.25) is 5.89 Å². The number of nitrogens with two attached hydrogens (primary N) is 1. The van der Waals surface area contributed by atoms with Crippen molar-refractivity contribution in [2.75, 3.05) is 5.73 Å². The molecule has 3 rings (SSSR count). The number of hydrogen-bond acceptors (Lipinski definition) is 3. The molecular weight excluding hydrogens is 238 g/mol. The molecule has 0 radical (unpaired) electrons. The van der Waals surface area contributed by atoms with Crippen molar-refractivity contribution in [1.29, 1.82) is 0 Å². The van der Waals surface area contributed by atoms with Crippen molar-refractivity contribution in [2.45, 2.75) is 0 Å². The zero-order chi connectivity index (χ0) is 12.7. The Morgan fingerprint density at radius 1 is 1.00 bits per heavy atom. The Balaban J connectivity index is 2.19. The van der Waals surface area contributed by atoms with Crippen LogP contribution in [-0.2, 0) is 0 Å². The van der Waals surface area contributed by atoms with Crippen LogP contribution in [0.3, 0.4) is 0 Å². The van der Waals surface area contributed by atoms with E-state index in [1.54, 1.807) is 24.3 Å². The first kappa shape index (κ1) is 10.7. The fourth-order valence-electron chi connectivity index (χ4n) is 1.69. The van der Waals surface area contributed by atoms with E-state index >= 15 is 0 Å². The average molecular weight is 246 g/mol. The molecule has 3 nitrogen and oxygen atoms in total. The highest BCUT2D eigenvalue weighted by atomic mass is 19.2. The lowest BCUT2D eigenvalue weighted by atomic mass is 10.2. The molecule has 2 aromatic carbocycles. The van der Waals surface area contributed by atoms with Gasteiger partial charge >= 0.3 is 0 Å². The SMILES string of the molecule is Nc1ccc(-c2nc3c(F)c(F)ccc3o2)cc1. The molecule has 5 heteroatoms. The van der Waals surface area contributed by atoms with Crippen molar-refractivity contribution in [3.05, 3.63) is 48.0 Å². The lowest BCUT2D eigenvalue weighted by Crippen LogP contribution is -1.85. The van der Waals surface area contributed by atoms with Crippen molar-refractivity contribution >= 4 is 16.8 Å². The van der Waals surface area contributed by atoms with Gasteiger partial charge in [0.25, 0.3) is 0 Å². The van der Waals surface area contributed by atoms with Gasteiger partial charge in [0.15, 0.2) is 17.2 Å². The summed E-state index contributed by atoms with van der Waals surface area (Å²) in [5.74, 6) is -1.72. The van der Waals surface area contributed by atoms with Crippen LogP contribution in [0.4, 0.5) is 14.5 Å². The molecule has 0 bridgehead atoms. The highest BCUT2D eigenvalue weighted by Gasteiger charge is 2.14. The van der Waals surface area contributed by atoms with Crippen molar-refractivity contribution in [3.8, 4) is 11.5 Å². The molecule has 0 aliphatic heterocycles. The lowest BCUT2D eigenvalue weighted by Gasteiger charge is -1.95. The van der Waals surface area contributed by atoms with Crippen LogP contribution in [0.2, 0.25) is 0 Å². The summed E-state index contributed by atoms with van der Waals surface area (Å²) >= 11 is 0. The van der Waals surface area contributed by atoms with Gasteiger partial charge in [-0.25, -0.2) is 13.8 Å². The van der Waals surface area contributed by atoms with E-state index in [2.05, 4.69) is 4.98 Å². The number of oxazole rings is 1. The standard InChI is InChI=1S/C13H8F2N2O/c14-9-5-6-10-12(11(9)15)17-13(18-10)7-1-3-8(16)4-2-7/h1-6H,16H2. The Morgan fingerprint density at radius 2 is 1.72 bits per heavy atom. The Kier molecular flexibility index (Phi) is 2.26. The van der Waals surface area contributed by atoms with Crippen LogP contribution in [0, 0.1) is 11.6 Å². The summed E-state index contributed by atoms with van der Waals surface area (Å²) in [6.45, 7) is 0. The molecule has 0 saturated carbocycles. The second kappa shape index (κ2) is 3.80. The topological polar surface area (TPSA) is 52.0 Å². The van der Waals surface area contributed by atoms with Crippen LogP contribution < -0.4 is 5.73 Å². The summed E-state index contributed by atoms with van der Waals surface area (Å²) in [6, 6.07) is 9.13. The predicted molar refractivity (Wildman–Crippen MR) is 63.8 cm³/mol. The Morgan fingerprint density at radius 3 is 2.44 bits per heavy atom. The van der Waals surface area contributed by atoms with E-state index in [-0.39, 0.29) is 17.0 Å². The van der Waals surface area contributed by atoms with E-state index in [1.807, 2.05) is 0 Å². The molecule has 0 saturated heterocycles. The number of nitrogens with zero attached hydrogens (tertiary/aromatic N) is 1. The van der Waals surface area contributed by atoms with Gasteiger partial charge < -0.3 is 10.2 Å². The summed E-state index contributed by atoms with van der Waals surface area (Å²) < 4.78 is 31.9. The minimum atomic E-state index is -1.00. The van der Waals surface area contributed by atoms with Gasteiger partial charge in [-0.15, -0.1) is 0 Å². The normalized spacial score (nSPS) is 11.0. The Hall–Kier alpha value is -2.43. The number of hydrogen-bond donors (Lipinski definition) is 1. The maximum atomic E-state index is 13.5. The quantitative estimate of drug-likeness (QED) is 0.670. The van der Waals surface area contributed by atoms with E-state index in [0.29, 0.717) is 11.3 Å². The van der Waals surface area contributed by atoms with Crippen molar-refractivity contribution in [2.24, 2.45) is 0 Å². The van der Waals surface area contributed by atoms with Gasteiger partial charge in [-0.1, -0.05) is 0 Å². The third-order valence-corrected chi connectivity index (χ3v) is 2.61. The maximum absolute atomic E-state index is 13.5. The molecule has 2 N–H and O–H groups in total. The predicted octanol–water partition coefficient (Wildman–Crippen LogP) is 3.36. The minimum Gasteiger partial charge on any atom is -0.436 e. The largest absolute Gasteiger partial charge is 0.436 e. The molecule has 0 fully saturated rings. The van der Waals surface area contributed by atoms with Crippen LogP contribution in [0.1, 0.15) is 0 Å². The van der Waals surface area contributed by atoms with Gasteiger partial charge in [-0.05, 0) is 36.4 Å². The Bertz CT molecular complexity index is 720. The summed E-state index contributed by atoms with van der Waals surface area (Å²) in [5, 5.41) is 0. The average Bonchev–Trinajstić information content (AvgIpc) is 2.80. The second-order valence-corrected chi connectivity index (χ2v) is 3.85. The minimum absolute atomic E-state index is 0.109. The monoisotopic (exact) mass is 246 g/mol. The first-order valence-electron chi connectivity index (χ1n) is 5.25. The van der Waals surface area contributed by atoms with E-state index in [9.17, 15) is 8.78 Å². The molecule has 0 unspecified atom stereocenters. The maximum Gasteiger partial charge on any atom is 0.227 e. The molecule has 1 aromatic heterocycles. The number of halogens is 2. The second-order valence-electron chi connectivity index (χ2n) is 3.85. The van der Waals surface area contributed by atoms with Gasteiger partial charge in [0, 0.05) is 11.3 Å². The molecule has 1 heterocycles. The molecule has 3 aromatic rings. The van der Waals surface area contributed by atoms with E-state index < -0.39 is 11.6 Å². The molecule has 0 aliphatic carbocycles. The summed E-state index contributed by atoms with van der Waals surface area (Å²) in [7, 11) is 0. The summed E-state index contributed by atoms with van der Waals surface area (Å²) in [6.07, 6.45) is 0. The third-order valence-electron chi connectivity index (χ3n) is 2.61. The van der Waals surface area contributed by atoms with Crippen LogP contribution >= 0.6 is 0 Å². The van der Waals surface area contributed by atoms with Gasteiger partial charge in [0.05, 0.1) is 0 Å². The van der Waals surface area contributed by atoms with Crippen LogP contribution in [0.5, 0.6) is 0 Å². The molecule has 0 aliphatic rings. The highest BCUT2D eigenvalue weighted by Crippen LogP contribution is 2.27. The third kappa shape index (κ3) is 1.60. The zero-order valence-corrected chi connectivity index (χ0v) is 9.15. The smallest absolute Gasteiger partial charge is 0.227 e. The molecule has 0 atom stereocenters. The van der Waals surface area contributed by atoms with Crippen molar-refractivity contribution < 1.29 is 13.2 Å². The number of fused-ring (bicyclic) bond motifs is 1. The number of benzene rings is 2. The number of aromatic nitrogens is 1. The molecule has 0 amide bonds. The molecule has 90 valence electrons. The zero-order valence-electron chi connectivity index (χ0n) is 9.15. The van der Waals surface area contributed by atoms with Crippen LogP contribution in [-0.4, -0.2) is 4.98 Å². The van der Waals surface area contributed by atoms with Gasteiger partial charge in [0.1, 0.15) is 5.52 Å². The fourth-order valence-corrected chi connectivity index (χ4v) is 1.69. The Labute approximate surface area is 101 Å². The summed E-state index contributed by atoms with van der Waals surface area (Å²) in [4.78, 5) is 3.95. The van der Waals surface area contributed by atoms with Crippen LogP contribution in [0.25, 0.3) is 22.6 Å². The van der Waals surface area contributed by atoms with Crippen molar-refractivity contribution in [3.63, 3.8) is 0 Å². The molecule has 18 heavy (non-hydrogen) atoms. The van der Waals surface area contributed by atoms with E-state index in [1.165, 1.54) is 6.07 Å². The number of rotatable bonds is 1. The first-order valence-corrected chi connectivity index (χ1v) is 5.25. The highest BCUT2D eigenvalue weighted by molar-refractivity contribution is 5.77. The summed E-state index contributed by atoms with van der Waals surface area (Å²) in [5.41, 5.74) is 6.92. The molecule has 0 spiro atoms. The van der Waals surface area contributed by atoms with Gasteiger partial charge in [-0.2, -0.15) is 0 Å². The number of anilines is 1. The van der Waals surface area contributed by atoms with Crippen LogP contribution in [0.15, 0.2) is 40.8 Å².